The normalized spacial score (nSPS) is 12.2. The van der Waals surface area contributed by atoms with Crippen molar-refractivity contribution in [2.24, 2.45) is 0 Å². The molecule has 2 heterocycles. The summed E-state index contributed by atoms with van der Waals surface area (Å²) < 4.78 is 8.16. The van der Waals surface area contributed by atoms with Crippen molar-refractivity contribution >= 4 is 40.3 Å². The lowest BCUT2D eigenvalue weighted by atomic mass is 10.2. The zero-order valence-corrected chi connectivity index (χ0v) is 19.3. The highest BCUT2D eigenvalue weighted by atomic mass is 32.2. The molecule has 2 amide bonds. The first-order valence-corrected chi connectivity index (χ1v) is 11.5. The van der Waals surface area contributed by atoms with Crippen molar-refractivity contribution in [3.63, 3.8) is 0 Å². The first kappa shape index (κ1) is 23.7. The lowest BCUT2D eigenvalue weighted by Gasteiger charge is -2.13. The minimum atomic E-state index is -0.231. The summed E-state index contributed by atoms with van der Waals surface area (Å²) in [4.78, 5) is 37.5. The number of carbonyl (C=O) groups is 2. The molecule has 1 unspecified atom stereocenters. The van der Waals surface area contributed by atoms with E-state index in [1.54, 1.807) is 23.6 Å². The number of carbonyl (C=O) groups excluding carboxylic acids is 2. The third-order valence-corrected chi connectivity index (χ3v) is 5.95. The fourth-order valence-corrected chi connectivity index (χ4v) is 3.93. The summed E-state index contributed by atoms with van der Waals surface area (Å²) >= 11 is 1.23. The second-order valence-electron chi connectivity index (χ2n) is 7.35. The number of fused-ring (bicyclic) bond motifs is 3. The summed E-state index contributed by atoms with van der Waals surface area (Å²) in [5, 5.41) is 15.1. The second kappa shape index (κ2) is 11.1. The SMILES string of the molecule is CCC(C)NC(=O)CCn1c(=O)c2ccccc2n2c(SCC(=O)NCCOC)nnc12. The first-order chi connectivity index (χ1) is 15.5. The van der Waals surface area contributed by atoms with Gasteiger partial charge in [0, 0.05) is 32.7 Å². The van der Waals surface area contributed by atoms with Crippen LogP contribution in [0.2, 0.25) is 0 Å². The van der Waals surface area contributed by atoms with E-state index in [0.717, 1.165) is 6.42 Å². The molecule has 10 nitrogen and oxygen atoms in total. The number of ether oxygens (including phenoxy) is 1. The Bertz CT molecular complexity index is 1160. The van der Waals surface area contributed by atoms with E-state index in [9.17, 15) is 14.4 Å². The molecule has 32 heavy (non-hydrogen) atoms. The molecule has 0 saturated carbocycles. The number of aromatic nitrogens is 4. The van der Waals surface area contributed by atoms with Crippen LogP contribution in [0.1, 0.15) is 26.7 Å². The molecule has 11 heteroatoms. The Morgan fingerprint density at radius 3 is 2.75 bits per heavy atom. The smallest absolute Gasteiger partial charge is 0.262 e. The molecule has 0 fully saturated rings. The van der Waals surface area contributed by atoms with Gasteiger partial charge in [0.15, 0.2) is 5.16 Å². The Morgan fingerprint density at radius 2 is 2.00 bits per heavy atom. The van der Waals surface area contributed by atoms with Crippen LogP contribution in [0.4, 0.5) is 0 Å². The van der Waals surface area contributed by atoms with Crippen molar-refractivity contribution in [1.82, 2.24) is 29.8 Å². The number of thioether (sulfide) groups is 1. The quantitative estimate of drug-likeness (QED) is 0.326. The molecule has 3 rings (SSSR count). The number of nitrogens with one attached hydrogen (secondary N) is 2. The molecule has 172 valence electrons. The highest BCUT2D eigenvalue weighted by Gasteiger charge is 2.18. The topological polar surface area (TPSA) is 120 Å². The van der Waals surface area contributed by atoms with Crippen molar-refractivity contribution < 1.29 is 14.3 Å². The standard InChI is InChI=1S/C21H28N6O4S/c1-4-14(2)23-17(28)9-11-26-19(30)15-7-5-6-8-16(15)27-20(26)24-25-21(27)32-13-18(29)22-10-12-31-3/h5-8,14H,4,9-13H2,1-3H3,(H,22,29)(H,23,28). The summed E-state index contributed by atoms with van der Waals surface area (Å²) in [5.74, 6) is 0.213. The summed E-state index contributed by atoms with van der Waals surface area (Å²) in [5.41, 5.74) is 0.422. The fourth-order valence-electron chi connectivity index (χ4n) is 3.16. The van der Waals surface area contributed by atoms with Gasteiger partial charge in [-0.2, -0.15) is 0 Å². The number of nitrogens with zero attached hydrogens (tertiary/aromatic N) is 4. The van der Waals surface area contributed by atoms with Crippen LogP contribution in [0.3, 0.4) is 0 Å². The van der Waals surface area contributed by atoms with Gasteiger partial charge < -0.3 is 15.4 Å². The monoisotopic (exact) mass is 460 g/mol. The Hall–Kier alpha value is -2.92. The van der Waals surface area contributed by atoms with Crippen molar-refractivity contribution in [3.05, 3.63) is 34.6 Å². The van der Waals surface area contributed by atoms with Gasteiger partial charge in [-0.15, -0.1) is 10.2 Å². The highest BCUT2D eigenvalue weighted by Crippen LogP contribution is 2.21. The minimum absolute atomic E-state index is 0.0713. The largest absolute Gasteiger partial charge is 0.383 e. The lowest BCUT2D eigenvalue weighted by Crippen LogP contribution is -2.33. The van der Waals surface area contributed by atoms with Crippen molar-refractivity contribution in [1.29, 1.82) is 0 Å². The van der Waals surface area contributed by atoms with Crippen LogP contribution < -0.4 is 16.2 Å². The third-order valence-electron chi connectivity index (χ3n) is 5.02. The van der Waals surface area contributed by atoms with Gasteiger partial charge in [0.25, 0.3) is 5.56 Å². The molecule has 0 aliphatic rings. The maximum absolute atomic E-state index is 13.1. The number of rotatable bonds is 11. The van der Waals surface area contributed by atoms with E-state index in [-0.39, 0.29) is 42.1 Å². The van der Waals surface area contributed by atoms with E-state index in [4.69, 9.17) is 4.74 Å². The van der Waals surface area contributed by atoms with Gasteiger partial charge in [0.05, 0.1) is 23.3 Å². The number of aryl methyl sites for hydroxylation is 1. The zero-order valence-electron chi connectivity index (χ0n) is 18.5. The van der Waals surface area contributed by atoms with Gasteiger partial charge in [0.2, 0.25) is 17.6 Å². The molecule has 0 saturated heterocycles. The van der Waals surface area contributed by atoms with Crippen LogP contribution in [-0.2, 0) is 20.9 Å². The molecule has 0 aliphatic heterocycles. The van der Waals surface area contributed by atoms with Crippen molar-refractivity contribution in [3.8, 4) is 0 Å². The van der Waals surface area contributed by atoms with Crippen LogP contribution in [0, 0.1) is 0 Å². The van der Waals surface area contributed by atoms with Crippen molar-refractivity contribution in [2.45, 2.75) is 44.4 Å². The first-order valence-electron chi connectivity index (χ1n) is 10.5. The fraction of sp³-hybridized carbons (Fsp3) is 0.476. The Labute approximate surface area is 189 Å². The van der Waals surface area contributed by atoms with Crippen LogP contribution in [0.25, 0.3) is 16.7 Å². The zero-order chi connectivity index (χ0) is 23.1. The molecule has 0 radical (unpaired) electrons. The molecule has 0 bridgehead atoms. The van der Waals surface area contributed by atoms with Crippen LogP contribution in [0.5, 0.6) is 0 Å². The number of hydrogen-bond donors (Lipinski definition) is 2. The Morgan fingerprint density at radius 1 is 1.22 bits per heavy atom. The average molecular weight is 461 g/mol. The van der Waals surface area contributed by atoms with E-state index in [0.29, 0.717) is 35.0 Å². The maximum Gasteiger partial charge on any atom is 0.262 e. The van der Waals surface area contributed by atoms with Crippen LogP contribution in [-0.4, -0.2) is 63.0 Å². The van der Waals surface area contributed by atoms with Gasteiger partial charge in [-0.1, -0.05) is 30.8 Å². The molecule has 2 N–H and O–H groups in total. The Kier molecular flexibility index (Phi) is 8.23. The van der Waals surface area contributed by atoms with Crippen molar-refractivity contribution in [2.75, 3.05) is 26.0 Å². The molecular formula is C21H28N6O4S. The summed E-state index contributed by atoms with van der Waals surface area (Å²) in [6, 6.07) is 7.24. The average Bonchev–Trinajstić information content (AvgIpc) is 3.21. The Balaban J connectivity index is 1.90. The van der Waals surface area contributed by atoms with Crippen LogP contribution in [0.15, 0.2) is 34.2 Å². The van der Waals surface area contributed by atoms with Gasteiger partial charge in [-0.05, 0) is 25.5 Å². The minimum Gasteiger partial charge on any atom is -0.383 e. The van der Waals surface area contributed by atoms with E-state index in [2.05, 4.69) is 20.8 Å². The van der Waals surface area contributed by atoms with Crippen LogP contribution >= 0.6 is 11.8 Å². The number of para-hydroxylation sites is 1. The van der Waals surface area contributed by atoms with Gasteiger partial charge in [-0.3, -0.25) is 23.4 Å². The highest BCUT2D eigenvalue weighted by molar-refractivity contribution is 7.99. The predicted molar refractivity (Wildman–Crippen MR) is 123 cm³/mol. The molecule has 1 atom stereocenters. The number of hydrogen-bond acceptors (Lipinski definition) is 7. The van der Waals surface area contributed by atoms with Gasteiger partial charge in [-0.25, -0.2) is 0 Å². The maximum atomic E-state index is 13.1. The number of amides is 2. The summed E-state index contributed by atoms with van der Waals surface area (Å²) in [6.07, 6.45) is 0.977. The van der Waals surface area contributed by atoms with Gasteiger partial charge >= 0.3 is 0 Å². The van der Waals surface area contributed by atoms with Gasteiger partial charge in [0.1, 0.15) is 0 Å². The molecule has 0 aliphatic carbocycles. The van der Waals surface area contributed by atoms with E-state index < -0.39 is 0 Å². The molecule has 2 aromatic heterocycles. The second-order valence-corrected chi connectivity index (χ2v) is 8.29. The summed E-state index contributed by atoms with van der Waals surface area (Å²) in [6.45, 7) is 4.97. The third kappa shape index (κ3) is 5.46. The number of methoxy groups -OCH3 is 1. The van der Waals surface area contributed by atoms with E-state index >= 15 is 0 Å². The lowest BCUT2D eigenvalue weighted by molar-refractivity contribution is -0.122. The molecule has 0 spiro atoms. The molecule has 3 aromatic rings. The molecule has 1 aromatic carbocycles. The van der Waals surface area contributed by atoms with E-state index in [1.165, 1.54) is 16.3 Å². The van der Waals surface area contributed by atoms with E-state index in [1.807, 2.05) is 26.0 Å². The molecular weight excluding hydrogens is 432 g/mol. The predicted octanol–water partition coefficient (Wildman–Crippen LogP) is 1.20. The number of benzene rings is 1. The summed E-state index contributed by atoms with van der Waals surface area (Å²) in [7, 11) is 1.57.